The summed E-state index contributed by atoms with van der Waals surface area (Å²) in [5.41, 5.74) is 2.60. The van der Waals surface area contributed by atoms with E-state index >= 15 is 0 Å². The lowest BCUT2D eigenvalue weighted by molar-refractivity contribution is -0.119. The van der Waals surface area contributed by atoms with Gasteiger partial charge in [-0.3, -0.25) is 4.79 Å². The first-order valence-electron chi connectivity index (χ1n) is 10.2. The second kappa shape index (κ2) is 9.24. The highest BCUT2D eigenvalue weighted by Gasteiger charge is 2.34. The number of anilines is 1. The lowest BCUT2D eigenvalue weighted by Crippen LogP contribution is -2.44. The first-order chi connectivity index (χ1) is 15.3. The summed E-state index contributed by atoms with van der Waals surface area (Å²) in [6, 6.07) is 20.5. The van der Waals surface area contributed by atoms with E-state index < -0.39 is 10.0 Å². The van der Waals surface area contributed by atoms with Crippen LogP contribution < -0.4 is 4.90 Å². The van der Waals surface area contributed by atoms with E-state index in [-0.39, 0.29) is 29.9 Å². The molecule has 166 valence electrons. The third-order valence-electron chi connectivity index (χ3n) is 5.49. The van der Waals surface area contributed by atoms with Gasteiger partial charge >= 0.3 is 0 Å². The fourth-order valence-corrected chi connectivity index (χ4v) is 5.71. The number of halogens is 2. The van der Waals surface area contributed by atoms with Crippen LogP contribution in [0.5, 0.6) is 0 Å². The third-order valence-corrected chi connectivity index (χ3v) is 7.78. The lowest BCUT2D eigenvalue weighted by atomic mass is 10.1. The van der Waals surface area contributed by atoms with Crippen molar-refractivity contribution < 1.29 is 13.2 Å². The van der Waals surface area contributed by atoms with E-state index in [1.165, 1.54) is 28.6 Å². The minimum absolute atomic E-state index is 0.0150. The van der Waals surface area contributed by atoms with Gasteiger partial charge in [-0.2, -0.15) is 4.31 Å². The Kier molecular flexibility index (Phi) is 6.58. The molecular weight excluding hydrogens is 467 g/mol. The second-order valence-electron chi connectivity index (χ2n) is 7.80. The molecule has 0 N–H and O–H groups in total. The summed E-state index contributed by atoms with van der Waals surface area (Å²) in [6.45, 7) is 1.68. The first kappa shape index (κ1) is 22.8. The van der Waals surface area contributed by atoms with Crippen molar-refractivity contribution >= 4 is 44.8 Å². The predicted molar refractivity (Wildman–Crippen MR) is 128 cm³/mol. The van der Waals surface area contributed by atoms with E-state index in [1.807, 2.05) is 31.2 Å². The summed E-state index contributed by atoms with van der Waals surface area (Å²) < 4.78 is 28.2. The number of para-hydroxylation sites is 1. The monoisotopic (exact) mass is 488 g/mol. The fraction of sp³-hybridized carbons (Fsp3) is 0.208. The van der Waals surface area contributed by atoms with Crippen molar-refractivity contribution in [2.75, 3.05) is 11.4 Å². The molecule has 1 atom stereocenters. The molecule has 0 unspecified atom stereocenters. The highest BCUT2D eigenvalue weighted by molar-refractivity contribution is 7.89. The molecule has 0 bridgehead atoms. The zero-order valence-corrected chi connectivity index (χ0v) is 19.7. The summed E-state index contributed by atoms with van der Waals surface area (Å²) in [7, 11) is -3.96. The summed E-state index contributed by atoms with van der Waals surface area (Å²) >= 11 is 12.0. The van der Waals surface area contributed by atoms with Crippen LogP contribution in [0.1, 0.15) is 18.1 Å². The molecule has 0 aliphatic carbocycles. The summed E-state index contributed by atoms with van der Waals surface area (Å²) in [5, 5.41) is 0.934. The Balaban J connectivity index is 1.68. The van der Waals surface area contributed by atoms with Crippen molar-refractivity contribution in [1.82, 2.24) is 4.31 Å². The van der Waals surface area contributed by atoms with Crippen molar-refractivity contribution in [3.05, 3.63) is 94.0 Å². The number of sulfonamides is 1. The molecule has 4 rings (SSSR count). The van der Waals surface area contributed by atoms with Crippen LogP contribution in [0.3, 0.4) is 0 Å². The fourth-order valence-electron chi connectivity index (χ4n) is 3.99. The van der Waals surface area contributed by atoms with Crippen LogP contribution in [0.4, 0.5) is 5.69 Å². The first-order valence-corrected chi connectivity index (χ1v) is 12.4. The van der Waals surface area contributed by atoms with E-state index in [2.05, 4.69) is 0 Å². The van der Waals surface area contributed by atoms with E-state index in [1.54, 1.807) is 29.2 Å². The van der Waals surface area contributed by atoms with Gasteiger partial charge in [-0.25, -0.2) is 8.42 Å². The molecule has 3 aromatic rings. The van der Waals surface area contributed by atoms with E-state index in [0.717, 1.165) is 17.7 Å². The summed E-state index contributed by atoms with van der Waals surface area (Å²) in [4.78, 5) is 15.2. The van der Waals surface area contributed by atoms with E-state index in [4.69, 9.17) is 23.2 Å². The van der Waals surface area contributed by atoms with Gasteiger partial charge in [0, 0.05) is 28.3 Å². The Hall–Kier alpha value is -2.38. The van der Waals surface area contributed by atoms with Crippen molar-refractivity contribution in [2.45, 2.75) is 30.8 Å². The van der Waals surface area contributed by atoms with Gasteiger partial charge in [0.2, 0.25) is 15.9 Å². The van der Waals surface area contributed by atoms with Crippen molar-refractivity contribution in [1.29, 1.82) is 0 Å². The Morgan fingerprint density at radius 3 is 2.44 bits per heavy atom. The molecular formula is C24H22Cl2N2O3S. The minimum atomic E-state index is -3.96. The molecule has 0 radical (unpaired) electrons. The number of hydrogen-bond acceptors (Lipinski definition) is 3. The van der Waals surface area contributed by atoms with Crippen LogP contribution in [-0.4, -0.2) is 31.2 Å². The Bertz CT molecular complexity index is 1250. The number of nitrogens with zero attached hydrogens (tertiary/aromatic N) is 2. The highest BCUT2D eigenvalue weighted by atomic mass is 35.5. The number of rotatable bonds is 6. The summed E-state index contributed by atoms with van der Waals surface area (Å²) in [5.74, 6) is -0.276. The normalized spacial score (nSPS) is 15.8. The molecule has 1 aliphatic heterocycles. The van der Waals surface area contributed by atoms with Gasteiger partial charge in [0.05, 0.1) is 11.4 Å². The zero-order chi connectivity index (χ0) is 22.9. The molecule has 1 aliphatic rings. The number of fused-ring (bicyclic) bond motifs is 1. The molecule has 0 saturated carbocycles. The van der Waals surface area contributed by atoms with Crippen molar-refractivity contribution in [3.63, 3.8) is 0 Å². The average Bonchev–Trinajstić information content (AvgIpc) is 3.09. The van der Waals surface area contributed by atoms with E-state index in [9.17, 15) is 13.2 Å². The molecule has 0 saturated heterocycles. The molecule has 3 aromatic carbocycles. The average molecular weight is 489 g/mol. The maximum absolute atomic E-state index is 13.5. The molecule has 8 heteroatoms. The van der Waals surface area contributed by atoms with Crippen LogP contribution >= 0.6 is 23.2 Å². The Morgan fingerprint density at radius 1 is 1.00 bits per heavy atom. The molecule has 5 nitrogen and oxygen atoms in total. The number of benzene rings is 3. The molecule has 1 amide bonds. The van der Waals surface area contributed by atoms with Crippen LogP contribution in [-0.2, 0) is 27.8 Å². The lowest BCUT2D eigenvalue weighted by Gasteiger charge is -2.27. The maximum Gasteiger partial charge on any atom is 0.243 e. The standard InChI is InChI=1S/C24H22Cl2N2O3S/c1-17-13-19-6-2-3-8-23(19)28(17)24(29)16-27(15-18-5-4-7-21(26)14-18)32(30,31)22-11-9-20(25)10-12-22/h2-12,14,17H,13,15-16H2,1H3/t17-/m1/s1. The number of hydrogen-bond donors (Lipinski definition) is 0. The third kappa shape index (κ3) is 4.69. The number of carbonyl (C=O) groups is 1. The van der Waals surface area contributed by atoms with E-state index in [0.29, 0.717) is 15.6 Å². The Morgan fingerprint density at radius 2 is 1.72 bits per heavy atom. The smallest absolute Gasteiger partial charge is 0.243 e. The molecule has 1 heterocycles. The predicted octanol–water partition coefficient (Wildman–Crippen LogP) is 5.16. The Labute approximate surface area is 198 Å². The van der Waals surface area contributed by atoms with Crippen LogP contribution in [0.25, 0.3) is 0 Å². The van der Waals surface area contributed by atoms with Crippen LogP contribution in [0.15, 0.2) is 77.7 Å². The zero-order valence-electron chi connectivity index (χ0n) is 17.4. The van der Waals surface area contributed by atoms with Crippen molar-refractivity contribution in [3.8, 4) is 0 Å². The minimum Gasteiger partial charge on any atom is -0.308 e. The van der Waals surface area contributed by atoms with Gasteiger partial charge in [-0.05, 0) is 66.9 Å². The molecule has 32 heavy (non-hydrogen) atoms. The summed E-state index contributed by atoms with van der Waals surface area (Å²) in [6.07, 6.45) is 0.736. The molecule has 0 aromatic heterocycles. The SMILES string of the molecule is C[C@@H]1Cc2ccccc2N1C(=O)CN(Cc1cccc(Cl)c1)S(=O)(=O)c1ccc(Cl)cc1. The second-order valence-corrected chi connectivity index (χ2v) is 10.6. The quantitative estimate of drug-likeness (QED) is 0.481. The largest absolute Gasteiger partial charge is 0.308 e. The van der Waals surface area contributed by atoms with Crippen LogP contribution in [0.2, 0.25) is 10.0 Å². The van der Waals surface area contributed by atoms with Crippen LogP contribution in [0, 0.1) is 0 Å². The van der Waals surface area contributed by atoms with Crippen molar-refractivity contribution in [2.24, 2.45) is 0 Å². The van der Waals surface area contributed by atoms with Gasteiger partial charge in [0.25, 0.3) is 0 Å². The van der Waals surface area contributed by atoms with Gasteiger partial charge < -0.3 is 4.90 Å². The number of carbonyl (C=O) groups excluding carboxylic acids is 1. The van der Waals surface area contributed by atoms with Gasteiger partial charge in [0.1, 0.15) is 0 Å². The van der Waals surface area contributed by atoms with Gasteiger partial charge in [0.15, 0.2) is 0 Å². The topological polar surface area (TPSA) is 57.7 Å². The van der Waals surface area contributed by atoms with Gasteiger partial charge in [-0.1, -0.05) is 53.5 Å². The highest BCUT2D eigenvalue weighted by Crippen LogP contribution is 2.32. The molecule has 0 fully saturated rings. The maximum atomic E-state index is 13.5. The van der Waals surface area contributed by atoms with Gasteiger partial charge in [-0.15, -0.1) is 0 Å². The molecule has 0 spiro atoms. The number of amides is 1.